The highest BCUT2D eigenvalue weighted by atomic mass is 16.5. The number of hydrogen-bond donors (Lipinski definition) is 1. The van der Waals surface area contributed by atoms with E-state index in [0.29, 0.717) is 24.8 Å². The lowest BCUT2D eigenvalue weighted by molar-refractivity contribution is -0.146. The molecule has 0 radical (unpaired) electrons. The molecule has 2 unspecified atom stereocenters. The summed E-state index contributed by atoms with van der Waals surface area (Å²) in [7, 11) is 0. The number of carbonyl (C=O) groups is 1. The molecule has 6 nitrogen and oxygen atoms in total. The minimum absolute atomic E-state index is 0.435. The molecule has 1 aromatic heterocycles. The summed E-state index contributed by atoms with van der Waals surface area (Å²) in [4.78, 5) is 17.8. The van der Waals surface area contributed by atoms with E-state index in [-0.39, 0.29) is 0 Å². The summed E-state index contributed by atoms with van der Waals surface area (Å²) in [6.45, 7) is 5.46. The van der Waals surface area contributed by atoms with Gasteiger partial charge in [-0.05, 0) is 31.7 Å². The summed E-state index contributed by atoms with van der Waals surface area (Å²) < 4.78 is 5.25. The minimum Gasteiger partial charge on any atom is -0.480 e. The van der Waals surface area contributed by atoms with E-state index in [2.05, 4.69) is 24.0 Å². The van der Waals surface area contributed by atoms with Crippen molar-refractivity contribution in [1.82, 2.24) is 15.0 Å². The van der Waals surface area contributed by atoms with Crippen LogP contribution in [-0.2, 0) is 17.8 Å². The Morgan fingerprint density at radius 3 is 2.95 bits per heavy atom. The molecule has 0 spiro atoms. The molecule has 1 aromatic rings. The monoisotopic (exact) mass is 295 g/mol. The lowest BCUT2D eigenvalue weighted by Crippen LogP contribution is -2.46. The van der Waals surface area contributed by atoms with E-state index in [1.807, 2.05) is 4.90 Å². The molecular weight excluding hydrogens is 270 g/mol. The van der Waals surface area contributed by atoms with Crippen LogP contribution in [0.1, 0.15) is 57.7 Å². The summed E-state index contributed by atoms with van der Waals surface area (Å²) in [6, 6.07) is -0.435. The van der Waals surface area contributed by atoms with Crippen LogP contribution < -0.4 is 0 Å². The Morgan fingerprint density at radius 2 is 2.29 bits per heavy atom. The highest BCUT2D eigenvalue weighted by molar-refractivity contribution is 5.73. The molecule has 0 saturated carbocycles. The quantitative estimate of drug-likeness (QED) is 0.832. The van der Waals surface area contributed by atoms with Crippen molar-refractivity contribution in [3.63, 3.8) is 0 Å². The van der Waals surface area contributed by atoms with Crippen LogP contribution in [0.2, 0.25) is 0 Å². The first-order valence-corrected chi connectivity index (χ1v) is 7.92. The molecule has 2 rings (SSSR count). The van der Waals surface area contributed by atoms with Gasteiger partial charge in [0.2, 0.25) is 5.89 Å². The molecule has 21 heavy (non-hydrogen) atoms. The molecule has 1 N–H and O–H groups in total. The van der Waals surface area contributed by atoms with Crippen LogP contribution >= 0.6 is 0 Å². The molecule has 1 saturated heterocycles. The van der Waals surface area contributed by atoms with Gasteiger partial charge < -0.3 is 9.63 Å². The summed E-state index contributed by atoms with van der Waals surface area (Å²) in [6.07, 6.45) is 5.74. The van der Waals surface area contributed by atoms with Crippen molar-refractivity contribution in [3.05, 3.63) is 11.7 Å². The number of nitrogens with zero attached hydrogens (tertiary/aromatic N) is 3. The maximum atomic E-state index is 11.5. The fourth-order valence-electron chi connectivity index (χ4n) is 2.87. The highest BCUT2D eigenvalue weighted by Crippen LogP contribution is 2.26. The standard InChI is InChI=1S/C15H25N3O3/c1-3-5-6-13-16-14(21-17-13)10-18-8-7-11(4-2)9-12(18)15(19)20/h11-12H,3-10H2,1-2H3,(H,19,20). The predicted molar refractivity (Wildman–Crippen MR) is 77.8 cm³/mol. The maximum Gasteiger partial charge on any atom is 0.320 e. The molecule has 0 aliphatic carbocycles. The molecular formula is C15H25N3O3. The van der Waals surface area contributed by atoms with Gasteiger partial charge in [0.15, 0.2) is 5.82 Å². The van der Waals surface area contributed by atoms with E-state index in [1.165, 1.54) is 0 Å². The van der Waals surface area contributed by atoms with Crippen LogP contribution in [0.4, 0.5) is 0 Å². The SMILES string of the molecule is CCCCc1noc(CN2CCC(CC)CC2C(=O)O)n1. The normalized spacial score (nSPS) is 23.3. The van der Waals surface area contributed by atoms with Crippen molar-refractivity contribution in [2.75, 3.05) is 6.54 Å². The van der Waals surface area contributed by atoms with Crippen LogP contribution in [0.15, 0.2) is 4.52 Å². The molecule has 0 amide bonds. The Hall–Kier alpha value is -1.43. The number of hydrogen-bond acceptors (Lipinski definition) is 5. The van der Waals surface area contributed by atoms with Gasteiger partial charge in [0.05, 0.1) is 6.54 Å². The molecule has 118 valence electrons. The van der Waals surface area contributed by atoms with E-state index >= 15 is 0 Å². The van der Waals surface area contributed by atoms with Gasteiger partial charge in [-0.3, -0.25) is 9.69 Å². The minimum atomic E-state index is -0.751. The number of rotatable bonds is 7. The van der Waals surface area contributed by atoms with Crippen molar-refractivity contribution in [2.45, 2.75) is 65.0 Å². The number of piperidine rings is 1. The van der Waals surface area contributed by atoms with Crippen molar-refractivity contribution in [3.8, 4) is 0 Å². The number of likely N-dealkylation sites (tertiary alicyclic amines) is 1. The fourth-order valence-corrected chi connectivity index (χ4v) is 2.87. The molecule has 2 heterocycles. The van der Waals surface area contributed by atoms with Gasteiger partial charge in [-0.2, -0.15) is 4.98 Å². The Bertz CT molecular complexity index is 461. The van der Waals surface area contributed by atoms with Gasteiger partial charge >= 0.3 is 5.97 Å². The average Bonchev–Trinajstić information content (AvgIpc) is 2.92. The largest absolute Gasteiger partial charge is 0.480 e. The molecule has 6 heteroatoms. The van der Waals surface area contributed by atoms with Gasteiger partial charge in [-0.15, -0.1) is 0 Å². The maximum absolute atomic E-state index is 11.5. The van der Waals surface area contributed by atoms with Crippen LogP contribution in [0, 0.1) is 5.92 Å². The Labute approximate surface area is 125 Å². The van der Waals surface area contributed by atoms with Crippen LogP contribution in [0.5, 0.6) is 0 Å². The Kier molecular flexibility index (Phi) is 5.73. The number of aliphatic carboxylic acids is 1. The summed E-state index contributed by atoms with van der Waals surface area (Å²) in [5, 5.41) is 13.4. The fraction of sp³-hybridized carbons (Fsp3) is 0.800. The summed E-state index contributed by atoms with van der Waals surface area (Å²) >= 11 is 0. The van der Waals surface area contributed by atoms with Crippen LogP contribution in [0.3, 0.4) is 0 Å². The average molecular weight is 295 g/mol. The third-order valence-electron chi connectivity index (χ3n) is 4.29. The number of carboxylic acids is 1. The van der Waals surface area contributed by atoms with Crippen molar-refractivity contribution in [2.24, 2.45) is 5.92 Å². The number of unbranched alkanes of at least 4 members (excludes halogenated alkanes) is 1. The van der Waals surface area contributed by atoms with E-state index in [0.717, 1.165) is 44.5 Å². The highest BCUT2D eigenvalue weighted by Gasteiger charge is 2.33. The van der Waals surface area contributed by atoms with Gasteiger partial charge in [0.25, 0.3) is 0 Å². The van der Waals surface area contributed by atoms with Crippen molar-refractivity contribution >= 4 is 5.97 Å². The second kappa shape index (κ2) is 7.54. The number of aryl methyl sites for hydroxylation is 1. The molecule has 0 bridgehead atoms. The lowest BCUT2D eigenvalue weighted by Gasteiger charge is -2.35. The molecule has 0 aromatic carbocycles. The summed E-state index contributed by atoms with van der Waals surface area (Å²) in [5.41, 5.74) is 0. The third kappa shape index (κ3) is 4.27. The topological polar surface area (TPSA) is 79.5 Å². The molecule has 1 aliphatic heterocycles. The van der Waals surface area contributed by atoms with Crippen LogP contribution in [0.25, 0.3) is 0 Å². The lowest BCUT2D eigenvalue weighted by atomic mass is 9.89. The van der Waals surface area contributed by atoms with Gasteiger partial charge in [-0.25, -0.2) is 0 Å². The molecule has 1 aliphatic rings. The van der Waals surface area contributed by atoms with Gasteiger partial charge in [0, 0.05) is 6.42 Å². The first-order chi connectivity index (χ1) is 10.1. The zero-order valence-electron chi connectivity index (χ0n) is 12.9. The zero-order valence-corrected chi connectivity index (χ0v) is 12.9. The second-order valence-corrected chi connectivity index (χ2v) is 5.83. The van der Waals surface area contributed by atoms with Gasteiger partial charge in [0.1, 0.15) is 6.04 Å². The number of carboxylic acid groups (broad SMARTS) is 1. The number of aromatic nitrogens is 2. The Balaban J connectivity index is 1.96. The first kappa shape index (κ1) is 15.9. The summed E-state index contributed by atoms with van der Waals surface area (Å²) in [5.74, 6) is 1.01. The van der Waals surface area contributed by atoms with E-state index in [9.17, 15) is 9.90 Å². The van der Waals surface area contributed by atoms with Crippen molar-refractivity contribution < 1.29 is 14.4 Å². The predicted octanol–water partition coefficient (Wildman–Crippen LogP) is 2.49. The molecule has 1 fully saturated rings. The third-order valence-corrected chi connectivity index (χ3v) is 4.29. The first-order valence-electron chi connectivity index (χ1n) is 7.92. The smallest absolute Gasteiger partial charge is 0.320 e. The Morgan fingerprint density at radius 1 is 1.48 bits per heavy atom. The van der Waals surface area contributed by atoms with E-state index in [4.69, 9.17) is 4.52 Å². The van der Waals surface area contributed by atoms with Gasteiger partial charge in [-0.1, -0.05) is 31.8 Å². The second-order valence-electron chi connectivity index (χ2n) is 5.83. The van der Waals surface area contributed by atoms with Crippen molar-refractivity contribution in [1.29, 1.82) is 0 Å². The molecule has 2 atom stereocenters. The van der Waals surface area contributed by atoms with E-state index in [1.54, 1.807) is 0 Å². The van der Waals surface area contributed by atoms with Crippen LogP contribution in [-0.4, -0.2) is 38.7 Å². The zero-order chi connectivity index (χ0) is 15.2. The van der Waals surface area contributed by atoms with E-state index < -0.39 is 12.0 Å².